The molecule has 346 valence electrons. The highest BCUT2D eigenvalue weighted by atomic mass is 31.2. The highest BCUT2D eigenvalue weighted by molar-refractivity contribution is 7.47. The Hall–Kier alpha value is -2.55. The van der Waals surface area contributed by atoms with E-state index in [-0.39, 0.29) is 26.1 Å². The summed E-state index contributed by atoms with van der Waals surface area (Å²) in [5.74, 6) is -0.885. The minimum atomic E-state index is -4.40. The Morgan fingerprint density at radius 1 is 0.517 bits per heavy atom. The van der Waals surface area contributed by atoms with E-state index < -0.39 is 32.5 Å². The average molecular weight is 863 g/mol. The van der Waals surface area contributed by atoms with Gasteiger partial charge in [-0.2, -0.15) is 0 Å². The number of rotatable bonds is 42. The molecule has 0 radical (unpaired) electrons. The number of phosphoric ester groups is 1. The van der Waals surface area contributed by atoms with Crippen LogP contribution >= 0.6 is 7.82 Å². The number of unbranched alkanes of at least 4 members (excludes halogenated alkanes) is 16. The first-order valence-corrected chi connectivity index (χ1v) is 25.2. The van der Waals surface area contributed by atoms with E-state index >= 15 is 0 Å². The Kier molecular flexibility index (Phi) is 40.0. The summed E-state index contributed by atoms with van der Waals surface area (Å²) in [6.07, 6.45) is 52.5. The standard InChI is InChI=1S/C50H88NO8P/c1-6-8-10-12-14-16-18-20-22-23-24-25-26-27-29-30-32-34-36-38-40-42-49(52)56-46-48(47-58-60(54,55)57-45-44-51(3,4)5)59-50(53)43-41-39-37-35-33-31-28-21-19-17-15-13-11-9-7-2/h15,17,21-23,25-26,28-30,34,36,48H,6-14,16,18-20,24,27,31-33,35,37-47H2,1-5H3/p+1/b17-15+,23-22+,26-25+,28-21+,30-29+,36-34+/t48-/m0/s1. The number of likely N-dealkylation sites (N-methyl/N-ethyl adjacent to an activating group) is 1. The van der Waals surface area contributed by atoms with E-state index in [1.807, 2.05) is 21.1 Å². The predicted molar refractivity (Wildman–Crippen MR) is 252 cm³/mol. The van der Waals surface area contributed by atoms with Gasteiger partial charge in [0.25, 0.3) is 0 Å². The number of carbonyl (C=O) groups is 2. The van der Waals surface area contributed by atoms with Crippen LogP contribution in [0.15, 0.2) is 72.9 Å². The minimum absolute atomic E-state index is 0.0170. The Morgan fingerprint density at radius 3 is 1.42 bits per heavy atom. The van der Waals surface area contributed by atoms with Crippen molar-refractivity contribution in [1.82, 2.24) is 0 Å². The zero-order valence-electron chi connectivity index (χ0n) is 38.9. The summed E-state index contributed by atoms with van der Waals surface area (Å²) in [6, 6.07) is 0. The van der Waals surface area contributed by atoms with Gasteiger partial charge in [0.2, 0.25) is 0 Å². The molecular formula is C50H89NO8P+. The van der Waals surface area contributed by atoms with Crippen LogP contribution in [0.25, 0.3) is 0 Å². The first-order chi connectivity index (χ1) is 29.0. The lowest BCUT2D eigenvalue weighted by molar-refractivity contribution is -0.870. The Labute approximate surface area is 368 Å². The van der Waals surface area contributed by atoms with Gasteiger partial charge in [0.1, 0.15) is 19.8 Å². The molecule has 1 unspecified atom stereocenters. The maximum absolute atomic E-state index is 12.7. The van der Waals surface area contributed by atoms with Crippen LogP contribution in [0.3, 0.4) is 0 Å². The van der Waals surface area contributed by atoms with Crippen molar-refractivity contribution in [2.45, 2.75) is 187 Å². The molecule has 0 aromatic heterocycles. The summed E-state index contributed by atoms with van der Waals surface area (Å²) >= 11 is 0. The van der Waals surface area contributed by atoms with Gasteiger partial charge in [-0.3, -0.25) is 18.6 Å². The molecule has 9 nitrogen and oxygen atoms in total. The number of quaternary nitrogens is 1. The summed E-state index contributed by atoms with van der Waals surface area (Å²) in [7, 11) is 1.43. The summed E-state index contributed by atoms with van der Waals surface area (Å²) in [5.41, 5.74) is 0. The molecule has 2 atom stereocenters. The molecule has 60 heavy (non-hydrogen) atoms. The lowest BCUT2D eigenvalue weighted by Gasteiger charge is -2.24. The molecule has 0 heterocycles. The van der Waals surface area contributed by atoms with Crippen LogP contribution in [0.5, 0.6) is 0 Å². The monoisotopic (exact) mass is 863 g/mol. The van der Waals surface area contributed by atoms with E-state index in [4.69, 9.17) is 18.5 Å². The fourth-order valence-corrected chi connectivity index (χ4v) is 6.72. The third-order valence-electron chi connectivity index (χ3n) is 9.71. The molecular weight excluding hydrogens is 774 g/mol. The first-order valence-electron chi connectivity index (χ1n) is 23.7. The van der Waals surface area contributed by atoms with Crippen molar-refractivity contribution >= 4 is 19.8 Å². The van der Waals surface area contributed by atoms with Gasteiger partial charge in [-0.05, 0) is 83.5 Å². The Bertz CT molecular complexity index is 1250. The zero-order chi connectivity index (χ0) is 44.3. The second-order valence-corrected chi connectivity index (χ2v) is 18.2. The van der Waals surface area contributed by atoms with Gasteiger partial charge in [-0.25, -0.2) is 4.57 Å². The van der Waals surface area contributed by atoms with E-state index in [1.165, 1.54) is 77.0 Å². The molecule has 0 aliphatic rings. The highest BCUT2D eigenvalue weighted by Crippen LogP contribution is 2.43. The molecule has 0 rings (SSSR count). The molecule has 0 spiro atoms. The number of nitrogens with zero attached hydrogens (tertiary/aromatic N) is 1. The number of hydrogen-bond acceptors (Lipinski definition) is 7. The first kappa shape index (κ1) is 57.4. The van der Waals surface area contributed by atoms with Gasteiger partial charge in [-0.1, -0.05) is 157 Å². The number of allylic oxidation sites excluding steroid dienone is 12. The molecule has 10 heteroatoms. The fourth-order valence-electron chi connectivity index (χ4n) is 5.98. The number of hydrogen-bond donors (Lipinski definition) is 1. The predicted octanol–water partition coefficient (Wildman–Crippen LogP) is 13.8. The van der Waals surface area contributed by atoms with Gasteiger partial charge < -0.3 is 18.9 Å². The lowest BCUT2D eigenvalue weighted by atomic mass is 10.1. The van der Waals surface area contributed by atoms with Crippen LogP contribution < -0.4 is 0 Å². The van der Waals surface area contributed by atoms with Crippen molar-refractivity contribution in [3.05, 3.63) is 72.9 Å². The van der Waals surface area contributed by atoms with Crippen molar-refractivity contribution < 1.29 is 42.1 Å². The number of carbonyl (C=O) groups excluding carboxylic acids is 2. The van der Waals surface area contributed by atoms with Gasteiger partial charge in [0.05, 0.1) is 27.7 Å². The van der Waals surface area contributed by atoms with E-state index in [1.54, 1.807) is 0 Å². The fraction of sp³-hybridized carbons (Fsp3) is 0.720. The molecule has 0 aromatic carbocycles. The number of esters is 2. The normalized spacial score (nSPS) is 14.2. The second-order valence-electron chi connectivity index (χ2n) is 16.8. The van der Waals surface area contributed by atoms with Crippen molar-refractivity contribution in [3.63, 3.8) is 0 Å². The topological polar surface area (TPSA) is 108 Å². The minimum Gasteiger partial charge on any atom is -0.462 e. The summed E-state index contributed by atoms with van der Waals surface area (Å²) in [5, 5.41) is 0. The molecule has 0 aliphatic heterocycles. The van der Waals surface area contributed by atoms with E-state index in [2.05, 4.69) is 86.8 Å². The van der Waals surface area contributed by atoms with Crippen LogP contribution in [0.4, 0.5) is 0 Å². The van der Waals surface area contributed by atoms with Crippen molar-refractivity contribution in [3.8, 4) is 0 Å². The van der Waals surface area contributed by atoms with Crippen LogP contribution in [0.2, 0.25) is 0 Å². The third kappa shape index (κ3) is 45.0. The van der Waals surface area contributed by atoms with E-state index in [0.29, 0.717) is 23.9 Å². The third-order valence-corrected chi connectivity index (χ3v) is 10.7. The molecule has 1 N–H and O–H groups in total. The molecule has 0 saturated carbocycles. The van der Waals surface area contributed by atoms with Crippen LogP contribution in [-0.2, 0) is 32.7 Å². The van der Waals surface area contributed by atoms with Crippen molar-refractivity contribution in [2.24, 2.45) is 0 Å². The molecule has 0 aromatic rings. The highest BCUT2D eigenvalue weighted by Gasteiger charge is 2.27. The molecule has 0 saturated heterocycles. The van der Waals surface area contributed by atoms with Crippen molar-refractivity contribution in [1.29, 1.82) is 0 Å². The quantitative estimate of drug-likeness (QED) is 0.0212. The summed E-state index contributed by atoms with van der Waals surface area (Å²) in [6.45, 7) is 4.30. The zero-order valence-corrected chi connectivity index (χ0v) is 39.8. The summed E-state index contributed by atoms with van der Waals surface area (Å²) in [4.78, 5) is 35.4. The SMILES string of the molecule is CCCCC/C=C/C/C=C/CCCCCCCC(=O)O[C@@H](COC(=O)CCC/C=C/C/C=C/C/C=C/C/C=C/CCCCCCCCC)COP(=O)(O)OCC[N+](C)(C)C. The molecule has 0 fully saturated rings. The van der Waals surface area contributed by atoms with E-state index in [0.717, 1.165) is 64.2 Å². The van der Waals surface area contributed by atoms with Gasteiger partial charge in [0.15, 0.2) is 6.10 Å². The van der Waals surface area contributed by atoms with Gasteiger partial charge >= 0.3 is 19.8 Å². The summed E-state index contributed by atoms with van der Waals surface area (Å²) < 4.78 is 34.3. The molecule has 0 amide bonds. The van der Waals surface area contributed by atoms with Crippen molar-refractivity contribution in [2.75, 3.05) is 47.5 Å². The lowest BCUT2D eigenvalue weighted by Crippen LogP contribution is -2.37. The maximum Gasteiger partial charge on any atom is 0.472 e. The second kappa shape index (κ2) is 41.8. The molecule has 0 bridgehead atoms. The van der Waals surface area contributed by atoms with Gasteiger partial charge in [0, 0.05) is 12.8 Å². The van der Waals surface area contributed by atoms with Crippen LogP contribution in [-0.4, -0.2) is 74.9 Å². The van der Waals surface area contributed by atoms with Crippen LogP contribution in [0.1, 0.15) is 181 Å². The Morgan fingerprint density at radius 2 is 0.917 bits per heavy atom. The van der Waals surface area contributed by atoms with Gasteiger partial charge in [-0.15, -0.1) is 0 Å². The smallest absolute Gasteiger partial charge is 0.462 e. The van der Waals surface area contributed by atoms with Crippen LogP contribution in [0, 0.1) is 0 Å². The molecule has 0 aliphatic carbocycles. The average Bonchev–Trinajstić information content (AvgIpc) is 3.20. The number of ether oxygens (including phenoxy) is 2. The largest absolute Gasteiger partial charge is 0.472 e. The number of phosphoric acid groups is 1. The van der Waals surface area contributed by atoms with E-state index in [9.17, 15) is 19.0 Å². The Balaban J connectivity index is 4.43. The maximum atomic E-state index is 12.7.